The van der Waals surface area contributed by atoms with Crippen molar-refractivity contribution in [3.05, 3.63) is 34.4 Å². The van der Waals surface area contributed by atoms with Crippen LogP contribution in [-0.2, 0) is 0 Å². The minimum atomic E-state index is -0.361. The minimum absolute atomic E-state index is 0.255. The van der Waals surface area contributed by atoms with Gasteiger partial charge < -0.3 is 4.74 Å². The molecule has 1 heterocycles. The summed E-state index contributed by atoms with van der Waals surface area (Å²) in [5, 5.41) is 2.89. The van der Waals surface area contributed by atoms with Gasteiger partial charge in [0.2, 0.25) is 0 Å². The largest absolute Gasteiger partial charge is 0.494 e. The quantitative estimate of drug-likeness (QED) is 0.779. The lowest BCUT2D eigenvalue weighted by atomic mass is 10.1. The summed E-state index contributed by atoms with van der Waals surface area (Å²) in [4.78, 5) is 4.29. The highest BCUT2D eigenvalue weighted by molar-refractivity contribution is 7.09. The average Bonchev–Trinajstić information content (AvgIpc) is 2.65. The van der Waals surface area contributed by atoms with Crippen LogP contribution in [0.15, 0.2) is 23.6 Å². The average molecular weight is 223 g/mol. The summed E-state index contributed by atoms with van der Waals surface area (Å²) >= 11 is 1.55. The van der Waals surface area contributed by atoms with Gasteiger partial charge in [0.15, 0.2) is 11.6 Å². The van der Waals surface area contributed by atoms with Crippen LogP contribution in [0, 0.1) is 12.7 Å². The third-order valence-corrected chi connectivity index (χ3v) is 2.84. The maximum Gasteiger partial charge on any atom is 0.165 e. The van der Waals surface area contributed by atoms with Crippen LogP contribution >= 0.6 is 11.3 Å². The van der Waals surface area contributed by atoms with Crippen molar-refractivity contribution in [2.75, 3.05) is 7.11 Å². The van der Waals surface area contributed by atoms with Gasteiger partial charge in [-0.1, -0.05) is 0 Å². The number of thiazole rings is 1. The summed E-state index contributed by atoms with van der Waals surface area (Å²) in [6, 6.07) is 4.85. The van der Waals surface area contributed by atoms with Gasteiger partial charge in [-0.15, -0.1) is 11.3 Å². The molecule has 1 aromatic carbocycles. The highest BCUT2D eigenvalue weighted by Gasteiger charge is 2.07. The molecular formula is C11H10FNOS. The Kier molecular flexibility index (Phi) is 2.68. The van der Waals surface area contributed by atoms with Crippen molar-refractivity contribution < 1.29 is 9.13 Å². The van der Waals surface area contributed by atoms with Crippen molar-refractivity contribution in [1.82, 2.24) is 4.98 Å². The Morgan fingerprint density at radius 1 is 1.40 bits per heavy atom. The second kappa shape index (κ2) is 3.98. The molecular weight excluding hydrogens is 213 g/mol. The van der Waals surface area contributed by atoms with Gasteiger partial charge in [0.05, 0.1) is 17.8 Å². The van der Waals surface area contributed by atoms with Gasteiger partial charge in [-0.25, -0.2) is 9.37 Å². The first kappa shape index (κ1) is 10.1. The van der Waals surface area contributed by atoms with Crippen molar-refractivity contribution >= 4 is 11.3 Å². The monoisotopic (exact) mass is 223 g/mol. The van der Waals surface area contributed by atoms with Crippen LogP contribution in [0.4, 0.5) is 4.39 Å². The van der Waals surface area contributed by atoms with Gasteiger partial charge in [0, 0.05) is 10.9 Å². The van der Waals surface area contributed by atoms with Gasteiger partial charge in [-0.05, 0) is 25.1 Å². The van der Waals surface area contributed by atoms with Gasteiger partial charge in [-0.2, -0.15) is 0 Å². The number of ether oxygens (including phenoxy) is 1. The van der Waals surface area contributed by atoms with Gasteiger partial charge in [0.1, 0.15) is 0 Å². The van der Waals surface area contributed by atoms with E-state index in [0.717, 1.165) is 16.3 Å². The van der Waals surface area contributed by atoms with Crippen molar-refractivity contribution in [2.45, 2.75) is 6.92 Å². The Morgan fingerprint density at radius 2 is 2.20 bits per heavy atom. The number of halogens is 1. The number of aryl methyl sites for hydroxylation is 1. The Balaban J connectivity index is 2.42. The molecule has 15 heavy (non-hydrogen) atoms. The molecule has 0 saturated carbocycles. The first-order valence-electron chi connectivity index (χ1n) is 4.47. The summed E-state index contributed by atoms with van der Waals surface area (Å²) in [5.41, 5.74) is 1.58. The number of rotatable bonds is 2. The van der Waals surface area contributed by atoms with Gasteiger partial charge in [0.25, 0.3) is 0 Å². The number of nitrogens with zero attached hydrogens (tertiary/aromatic N) is 1. The van der Waals surface area contributed by atoms with E-state index in [2.05, 4.69) is 4.98 Å². The highest BCUT2D eigenvalue weighted by Crippen LogP contribution is 2.26. The molecule has 0 radical (unpaired) electrons. The van der Waals surface area contributed by atoms with Crippen LogP contribution in [0.25, 0.3) is 11.3 Å². The molecule has 0 N–H and O–H groups in total. The summed E-state index contributed by atoms with van der Waals surface area (Å²) in [5.74, 6) is -0.105. The van der Waals surface area contributed by atoms with Crippen LogP contribution < -0.4 is 4.74 Å². The van der Waals surface area contributed by atoms with E-state index in [1.54, 1.807) is 23.5 Å². The maximum atomic E-state index is 13.4. The maximum absolute atomic E-state index is 13.4. The molecule has 2 nitrogen and oxygen atoms in total. The predicted octanol–water partition coefficient (Wildman–Crippen LogP) is 3.27. The fourth-order valence-corrected chi connectivity index (χ4v) is 1.94. The van der Waals surface area contributed by atoms with Gasteiger partial charge >= 0.3 is 0 Å². The van der Waals surface area contributed by atoms with Crippen LogP contribution in [0.1, 0.15) is 5.01 Å². The molecule has 0 aliphatic rings. The van der Waals surface area contributed by atoms with Crippen LogP contribution in [-0.4, -0.2) is 12.1 Å². The van der Waals surface area contributed by atoms with Crippen molar-refractivity contribution in [2.24, 2.45) is 0 Å². The van der Waals surface area contributed by atoms with E-state index < -0.39 is 0 Å². The molecule has 4 heteroatoms. The molecule has 1 aromatic heterocycles. The minimum Gasteiger partial charge on any atom is -0.494 e. The van der Waals surface area contributed by atoms with E-state index in [-0.39, 0.29) is 11.6 Å². The second-order valence-corrected chi connectivity index (χ2v) is 4.16. The molecule has 0 amide bonds. The number of methoxy groups -OCH3 is 1. The Morgan fingerprint density at radius 3 is 2.73 bits per heavy atom. The van der Waals surface area contributed by atoms with Crippen LogP contribution in [0.3, 0.4) is 0 Å². The Hall–Kier alpha value is -1.42. The molecule has 0 unspecified atom stereocenters. The number of hydrogen-bond acceptors (Lipinski definition) is 3. The molecule has 0 fully saturated rings. The van der Waals surface area contributed by atoms with E-state index in [1.165, 1.54) is 13.2 Å². The van der Waals surface area contributed by atoms with E-state index in [9.17, 15) is 4.39 Å². The molecule has 0 aliphatic carbocycles. The number of hydrogen-bond donors (Lipinski definition) is 0. The zero-order valence-corrected chi connectivity index (χ0v) is 9.27. The third kappa shape index (κ3) is 1.99. The summed E-state index contributed by atoms with van der Waals surface area (Å²) < 4.78 is 18.2. The topological polar surface area (TPSA) is 22.1 Å². The van der Waals surface area contributed by atoms with Crippen molar-refractivity contribution in [3.8, 4) is 17.0 Å². The first-order chi connectivity index (χ1) is 7.20. The third-order valence-electron chi connectivity index (χ3n) is 2.07. The molecule has 0 aliphatic heterocycles. The predicted molar refractivity (Wildman–Crippen MR) is 58.8 cm³/mol. The number of benzene rings is 1. The van der Waals surface area contributed by atoms with Crippen molar-refractivity contribution in [1.29, 1.82) is 0 Å². The standard InChI is InChI=1S/C11H10FNOS/c1-7-13-10(6-15-7)8-3-4-11(14-2)9(12)5-8/h3-6H,1-2H3. The smallest absolute Gasteiger partial charge is 0.165 e. The van der Waals surface area contributed by atoms with Gasteiger partial charge in [-0.3, -0.25) is 0 Å². The van der Waals surface area contributed by atoms with E-state index >= 15 is 0 Å². The molecule has 0 bridgehead atoms. The second-order valence-electron chi connectivity index (χ2n) is 3.10. The fraction of sp³-hybridized carbons (Fsp3) is 0.182. The fourth-order valence-electron chi connectivity index (χ4n) is 1.32. The Labute approximate surface area is 91.4 Å². The molecule has 78 valence electrons. The lowest BCUT2D eigenvalue weighted by Crippen LogP contribution is -1.88. The summed E-state index contributed by atoms with van der Waals surface area (Å²) in [7, 11) is 1.45. The zero-order valence-electron chi connectivity index (χ0n) is 8.45. The molecule has 0 saturated heterocycles. The highest BCUT2D eigenvalue weighted by atomic mass is 32.1. The van der Waals surface area contributed by atoms with Crippen LogP contribution in [0.2, 0.25) is 0 Å². The lowest BCUT2D eigenvalue weighted by molar-refractivity contribution is 0.386. The SMILES string of the molecule is COc1ccc(-c2csc(C)n2)cc1F. The molecule has 0 atom stereocenters. The van der Waals surface area contributed by atoms with Crippen molar-refractivity contribution in [3.63, 3.8) is 0 Å². The summed E-state index contributed by atoms with van der Waals surface area (Å²) in [6.07, 6.45) is 0. The number of aromatic nitrogens is 1. The van der Waals surface area contributed by atoms with E-state index in [0.29, 0.717) is 0 Å². The normalized spacial score (nSPS) is 10.3. The molecule has 2 aromatic rings. The zero-order chi connectivity index (χ0) is 10.8. The van der Waals surface area contributed by atoms with E-state index in [4.69, 9.17) is 4.74 Å². The Bertz CT molecular complexity index is 481. The van der Waals surface area contributed by atoms with Crippen LogP contribution in [0.5, 0.6) is 5.75 Å². The molecule has 2 rings (SSSR count). The lowest BCUT2D eigenvalue weighted by Gasteiger charge is -2.02. The summed E-state index contributed by atoms with van der Waals surface area (Å²) in [6.45, 7) is 1.92. The van der Waals surface area contributed by atoms with E-state index in [1.807, 2.05) is 12.3 Å². The molecule has 0 spiro atoms. The first-order valence-corrected chi connectivity index (χ1v) is 5.34.